The molecule has 0 radical (unpaired) electrons. The molecule has 0 aliphatic carbocycles. The number of anilines is 1. The third-order valence-corrected chi connectivity index (χ3v) is 3.88. The van der Waals surface area contributed by atoms with Crippen molar-refractivity contribution in [3.05, 3.63) is 48.5 Å². The molecule has 116 valence electrons. The van der Waals surface area contributed by atoms with Crippen LogP contribution in [0.1, 0.15) is 5.82 Å². The summed E-state index contributed by atoms with van der Waals surface area (Å²) in [6, 6.07) is 10.3. The molecule has 2 N–H and O–H groups in total. The largest absolute Gasteiger partial charge is 0.368 e. The van der Waals surface area contributed by atoms with Crippen molar-refractivity contribution in [3.63, 3.8) is 0 Å². The molecule has 1 aromatic carbocycles. The van der Waals surface area contributed by atoms with Crippen LogP contribution in [0.4, 0.5) is 5.69 Å². The van der Waals surface area contributed by atoms with Crippen LogP contribution in [0.3, 0.4) is 0 Å². The van der Waals surface area contributed by atoms with Gasteiger partial charge in [-0.15, -0.1) is 0 Å². The van der Waals surface area contributed by atoms with E-state index in [-0.39, 0.29) is 5.91 Å². The maximum absolute atomic E-state index is 12.2. The zero-order valence-corrected chi connectivity index (χ0v) is 12.5. The number of H-pyrrole nitrogens is 1. The Morgan fingerprint density at radius 2 is 1.95 bits per heavy atom. The first-order valence-corrected chi connectivity index (χ1v) is 7.59. The van der Waals surface area contributed by atoms with Crippen LogP contribution in [0, 0.1) is 0 Å². The number of rotatable bonds is 5. The van der Waals surface area contributed by atoms with Crippen molar-refractivity contribution in [2.24, 2.45) is 0 Å². The highest BCUT2D eigenvalue weighted by Gasteiger charge is 2.20. The maximum atomic E-state index is 12.2. The van der Waals surface area contributed by atoms with E-state index in [2.05, 4.69) is 32.3 Å². The molecule has 0 unspecified atom stereocenters. The monoisotopic (exact) mass is 299 g/mol. The number of aromatic nitrogens is 2. The highest BCUT2D eigenvalue weighted by molar-refractivity contribution is 5.78. The normalized spacial score (nSPS) is 15.1. The first-order chi connectivity index (χ1) is 10.8. The molecule has 1 aliphatic rings. The second-order valence-electron chi connectivity index (χ2n) is 5.34. The first kappa shape index (κ1) is 14.6. The summed E-state index contributed by atoms with van der Waals surface area (Å²) < 4.78 is 0. The molecule has 6 nitrogen and oxygen atoms in total. The van der Waals surface area contributed by atoms with E-state index in [0.29, 0.717) is 13.1 Å². The van der Waals surface area contributed by atoms with Gasteiger partial charge in [-0.1, -0.05) is 18.2 Å². The van der Waals surface area contributed by atoms with E-state index < -0.39 is 0 Å². The molecular formula is C16H21N5O. The molecule has 1 saturated heterocycles. The van der Waals surface area contributed by atoms with Crippen molar-refractivity contribution in [1.29, 1.82) is 0 Å². The smallest absolute Gasteiger partial charge is 0.236 e. The Morgan fingerprint density at radius 3 is 2.64 bits per heavy atom. The Kier molecular flexibility index (Phi) is 4.70. The summed E-state index contributed by atoms with van der Waals surface area (Å²) in [6.45, 7) is 4.25. The van der Waals surface area contributed by atoms with Crippen LogP contribution in [0.2, 0.25) is 0 Å². The number of imidazole rings is 1. The highest BCUT2D eigenvalue weighted by Crippen LogP contribution is 2.15. The second kappa shape index (κ2) is 7.09. The lowest BCUT2D eigenvalue weighted by Gasteiger charge is -2.36. The van der Waals surface area contributed by atoms with E-state index >= 15 is 0 Å². The number of carbonyl (C=O) groups is 1. The summed E-state index contributed by atoms with van der Waals surface area (Å²) in [4.78, 5) is 23.6. The third kappa shape index (κ3) is 3.65. The second-order valence-corrected chi connectivity index (χ2v) is 5.34. The number of benzene rings is 1. The minimum absolute atomic E-state index is 0.152. The Labute approximate surface area is 130 Å². The van der Waals surface area contributed by atoms with Crippen molar-refractivity contribution < 1.29 is 4.79 Å². The number of nitrogens with zero attached hydrogens (tertiary/aromatic N) is 3. The maximum Gasteiger partial charge on any atom is 0.236 e. The molecule has 1 aliphatic heterocycles. The van der Waals surface area contributed by atoms with Gasteiger partial charge in [0.25, 0.3) is 0 Å². The number of hydrogen-bond donors (Lipinski definition) is 2. The molecule has 2 heterocycles. The standard InChI is InChI=1S/C16H21N5O/c22-16(13-17-12-15-18-6-7-19-15)21-10-8-20(9-11-21)14-4-2-1-3-5-14/h1-7,17H,8-13H2,(H,18,19). The van der Waals surface area contributed by atoms with Crippen LogP contribution in [-0.4, -0.2) is 53.5 Å². The fourth-order valence-corrected chi connectivity index (χ4v) is 2.65. The van der Waals surface area contributed by atoms with Gasteiger partial charge >= 0.3 is 0 Å². The van der Waals surface area contributed by atoms with Gasteiger partial charge in [-0.3, -0.25) is 4.79 Å². The number of amides is 1. The fraction of sp³-hybridized carbons (Fsp3) is 0.375. The summed E-state index contributed by atoms with van der Waals surface area (Å²) in [5.41, 5.74) is 1.23. The molecule has 0 saturated carbocycles. The Morgan fingerprint density at radius 1 is 1.18 bits per heavy atom. The summed E-state index contributed by atoms with van der Waals surface area (Å²) in [7, 11) is 0. The molecule has 6 heteroatoms. The number of para-hydroxylation sites is 1. The average molecular weight is 299 g/mol. The molecule has 2 aromatic rings. The van der Waals surface area contributed by atoms with E-state index in [1.807, 2.05) is 23.1 Å². The van der Waals surface area contributed by atoms with Crippen LogP contribution in [-0.2, 0) is 11.3 Å². The number of piperazine rings is 1. The minimum atomic E-state index is 0.152. The predicted molar refractivity (Wildman–Crippen MR) is 85.5 cm³/mol. The van der Waals surface area contributed by atoms with Gasteiger partial charge in [-0.2, -0.15) is 0 Å². The fourth-order valence-electron chi connectivity index (χ4n) is 2.65. The lowest BCUT2D eigenvalue weighted by atomic mass is 10.2. The predicted octanol–water partition coefficient (Wildman–Crippen LogP) is 0.848. The van der Waals surface area contributed by atoms with E-state index in [0.717, 1.165) is 32.0 Å². The van der Waals surface area contributed by atoms with Gasteiger partial charge in [-0.05, 0) is 12.1 Å². The van der Waals surface area contributed by atoms with Crippen molar-refractivity contribution in [2.75, 3.05) is 37.6 Å². The Bertz CT molecular complexity index is 576. The van der Waals surface area contributed by atoms with E-state index in [1.54, 1.807) is 12.4 Å². The molecule has 3 rings (SSSR count). The Hall–Kier alpha value is -2.34. The van der Waals surface area contributed by atoms with Crippen LogP contribution < -0.4 is 10.2 Å². The average Bonchev–Trinajstić information content (AvgIpc) is 3.09. The van der Waals surface area contributed by atoms with Gasteiger partial charge < -0.3 is 20.1 Å². The molecule has 0 atom stereocenters. The van der Waals surface area contributed by atoms with E-state index in [4.69, 9.17) is 0 Å². The van der Waals surface area contributed by atoms with E-state index in [9.17, 15) is 4.79 Å². The Balaban J connectivity index is 1.42. The third-order valence-electron chi connectivity index (χ3n) is 3.88. The van der Waals surface area contributed by atoms with E-state index in [1.165, 1.54) is 5.69 Å². The highest BCUT2D eigenvalue weighted by atomic mass is 16.2. The van der Waals surface area contributed by atoms with Gasteiger partial charge in [0.15, 0.2) is 0 Å². The van der Waals surface area contributed by atoms with Gasteiger partial charge in [-0.25, -0.2) is 4.98 Å². The topological polar surface area (TPSA) is 64.3 Å². The van der Waals surface area contributed by atoms with Gasteiger partial charge in [0.05, 0.1) is 13.1 Å². The van der Waals surface area contributed by atoms with Crippen molar-refractivity contribution >= 4 is 11.6 Å². The summed E-state index contributed by atoms with van der Waals surface area (Å²) in [5, 5.41) is 3.13. The lowest BCUT2D eigenvalue weighted by molar-refractivity contribution is -0.130. The first-order valence-electron chi connectivity index (χ1n) is 7.59. The van der Waals surface area contributed by atoms with Gasteiger partial charge in [0.2, 0.25) is 5.91 Å². The zero-order valence-electron chi connectivity index (χ0n) is 12.5. The van der Waals surface area contributed by atoms with Crippen molar-refractivity contribution in [2.45, 2.75) is 6.54 Å². The van der Waals surface area contributed by atoms with Crippen molar-refractivity contribution in [3.8, 4) is 0 Å². The van der Waals surface area contributed by atoms with Crippen LogP contribution in [0.5, 0.6) is 0 Å². The summed E-state index contributed by atoms with van der Waals surface area (Å²) in [6.07, 6.45) is 3.49. The quantitative estimate of drug-likeness (QED) is 0.859. The SMILES string of the molecule is O=C(CNCc1ncc[nH]1)N1CCN(c2ccccc2)CC1. The molecule has 1 fully saturated rings. The van der Waals surface area contributed by atoms with Gasteiger partial charge in [0, 0.05) is 44.3 Å². The van der Waals surface area contributed by atoms with Crippen molar-refractivity contribution in [1.82, 2.24) is 20.2 Å². The van der Waals surface area contributed by atoms with Crippen LogP contribution in [0.25, 0.3) is 0 Å². The lowest BCUT2D eigenvalue weighted by Crippen LogP contribution is -2.50. The zero-order chi connectivity index (χ0) is 15.2. The molecular weight excluding hydrogens is 278 g/mol. The number of nitrogens with one attached hydrogen (secondary N) is 2. The number of carbonyl (C=O) groups excluding carboxylic acids is 1. The molecule has 0 spiro atoms. The molecule has 1 amide bonds. The summed E-state index contributed by atoms with van der Waals surface area (Å²) >= 11 is 0. The molecule has 22 heavy (non-hydrogen) atoms. The summed E-state index contributed by atoms with van der Waals surface area (Å²) in [5.74, 6) is 1.00. The van der Waals surface area contributed by atoms with Gasteiger partial charge in [0.1, 0.15) is 5.82 Å². The molecule has 1 aromatic heterocycles. The van der Waals surface area contributed by atoms with Crippen LogP contribution in [0.15, 0.2) is 42.7 Å². The number of hydrogen-bond acceptors (Lipinski definition) is 4. The van der Waals surface area contributed by atoms with Crippen LogP contribution >= 0.6 is 0 Å². The molecule has 0 bridgehead atoms. The minimum Gasteiger partial charge on any atom is -0.368 e. The number of aromatic amines is 1.